The lowest BCUT2D eigenvalue weighted by Gasteiger charge is -2.30. The van der Waals surface area contributed by atoms with Crippen molar-refractivity contribution < 1.29 is 14.4 Å². The van der Waals surface area contributed by atoms with Gasteiger partial charge in [-0.1, -0.05) is 19.3 Å². The lowest BCUT2D eigenvalue weighted by Crippen LogP contribution is -2.50. The first kappa shape index (κ1) is 15.2. The highest BCUT2D eigenvalue weighted by molar-refractivity contribution is 6.38. The summed E-state index contributed by atoms with van der Waals surface area (Å²) in [6.07, 6.45) is 5.82. The summed E-state index contributed by atoms with van der Waals surface area (Å²) in [5.41, 5.74) is 0. The predicted octanol–water partition coefficient (Wildman–Crippen LogP) is 0.914. The van der Waals surface area contributed by atoms with Crippen molar-refractivity contribution in [3.05, 3.63) is 0 Å². The van der Waals surface area contributed by atoms with Crippen LogP contribution in [-0.2, 0) is 14.4 Å². The van der Waals surface area contributed by atoms with Crippen LogP contribution in [0.25, 0.3) is 0 Å². The molecule has 5 heteroatoms. The summed E-state index contributed by atoms with van der Waals surface area (Å²) in [6.45, 7) is 2.19. The van der Waals surface area contributed by atoms with Crippen LogP contribution >= 0.6 is 0 Å². The minimum atomic E-state index is -0.626. The second-order valence-corrected chi connectivity index (χ2v) is 6.15. The van der Waals surface area contributed by atoms with E-state index in [4.69, 9.17) is 0 Å². The van der Waals surface area contributed by atoms with E-state index in [1.54, 1.807) is 0 Å². The Bertz CT molecular complexity index is 404. The minimum absolute atomic E-state index is 0.107. The van der Waals surface area contributed by atoms with Gasteiger partial charge in [-0.15, -0.1) is 0 Å². The number of likely N-dealkylation sites (tertiary alicyclic amines) is 1. The van der Waals surface area contributed by atoms with Gasteiger partial charge in [0.15, 0.2) is 5.78 Å². The molecule has 0 spiro atoms. The van der Waals surface area contributed by atoms with Gasteiger partial charge in [0.2, 0.25) is 11.7 Å². The highest BCUT2D eigenvalue weighted by atomic mass is 16.2. The first-order valence-corrected chi connectivity index (χ1v) is 7.54. The van der Waals surface area contributed by atoms with Crippen molar-refractivity contribution in [2.75, 3.05) is 13.6 Å². The summed E-state index contributed by atoms with van der Waals surface area (Å²) < 4.78 is 0. The number of carbonyl (C=O) groups excluding carboxylic acids is 3. The van der Waals surface area contributed by atoms with E-state index in [1.165, 1.54) is 13.3 Å². The van der Waals surface area contributed by atoms with Gasteiger partial charge >= 0.3 is 0 Å². The molecule has 1 amide bonds. The Labute approximate surface area is 120 Å². The van der Waals surface area contributed by atoms with Crippen LogP contribution in [0.4, 0.5) is 0 Å². The van der Waals surface area contributed by atoms with Gasteiger partial charge in [0.25, 0.3) is 0 Å². The molecule has 2 fully saturated rings. The van der Waals surface area contributed by atoms with Crippen LogP contribution in [0.5, 0.6) is 0 Å². The number of carbonyl (C=O) groups is 3. The number of amides is 1. The second-order valence-electron chi connectivity index (χ2n) is 6.15. The Balaban J connectivity index is 1.96. The number of Topliss-reactive ketones (excluding diaryl/α,β-unsaturated/α-hetero) is 2. The molecular weight excluding hydrogens is 256 g/mol. The van der Waals surface area contributed by atoms with E-state index < -0.39 is 17.6 Å². The van der Waals surface area contributed by atoms with Crippen molar-refractivity contribution in [3.8, 4) is 0 Å². The molecular formula is C15H24N2O3. The predicted molar refractivity (Wildman–Crippen MR) is 75.2 cm³/mol. The summed E-state index contributed by atoms with van der Waals surface area (Å²) in [6, 6.07) is -0.780. The highest BCUT2D eigenvalue weighted by Crippen LogP contribution is 2.30. The minimum Gasteiger partial charge on any atom is -0.344 e. The molecule has 112 valence electrons. The average Bonchev–Trinajstić information content (AvgIpc) is 2.77. The van der Waals surface area contributed by atoms with E-state index in [0.29, 0.717) is 12.3 Å². The molecule has 0 aromatic carbocycles. The Morgan fingerprint density at radius 2 is 1.90 bits per heavy atom. The topological polar surface area (TPSA) is 66.5 Å². The molecule has 1 aliphatic heterocycles. The Hall–Kier alpha value is -1.23. The lowest BCUT2D eigenvalue weighted by molar-refractivity contribution is -0.138. The summed E-state index contributed by atoms with van der Waals surface area (Å²) in [5.74, 6) is -0.547. The fourth-order valence-corrected chi connectivity index (χ4v) is 3.05. The monoisotopic (exact) mass is 280 g/mol. The second kappa shape index (κ2) is 6.48. The molecule has 1 saturated heterocycles. The maximum atomic E-state index is 12.3. The molecule has 0 aromatic heterocycles. The number of likely N-dealkylation sites (N-methyl/N-ethyl adjacent to an activating group) is 1. The van der Waals surface area contributed by atoms with Gasteiger partial charge < -0.3 is 5.32 Å². The van der Waals surface area contributed by atoms with Crippen LogP contribution in [-0.4, -0.2) is 48.0 Å². The van der Waals surface area contributed by atoms with E-state index in [0.717, 1.165) is 32.2 Å². The van der Waals surface area contributed by atoms with Crippen LogP contribution in [0.1, 0.15) is 45.4 Å². The molecule has 1 aliphatic carbocycles. The zero-order chi connectivity index (χ0) is 14.7. The number of rotatable bonds is 6. The molecule has 1 saturated carbocycles. The van der Waals surface area contributed by atoms with Crippen LogP contribution in [0.2, 0.25) is 0 Å². The molecule has 5 nitrogen and oxygen atoms in total. The maximum absolute atomic E-state index is 12.3. The molecule has 0 bridgehead atoms. The first-order chi connectivity index (χ1) is 9.49. The highest BCUT2D eigenvalue weighted by Gasteiger charge is 2.33. The van der Waals surface area contributed by atoms with Gasteiger partial charge in [0.05, 0.1) is 12.1 Å². The SMILES string of the molecule is CC(=O)C(=O)C(CC1CCC1)NC(=O)C1CCCN1C. The third-order valence-corrected chi connectivity index (χ3v) is 4.60. The van der Waals surface area contributed by atoms with Crippen LogP contribution < -0.4 is 5.32 Å². The Kier molecular flexibility index (Phi) is 4.91. The number of nitrogens with zero attached hydrogens (tertiary/aromatic N) is 1. The third-order valence-electron chi connectivity index (χ3n) is 4.60. The Morgan fingerprint density at radius 3 is 2.35 bits per heavy atom. The van der Waals surface area contributed by atoms with Crippen LogP contribution in [0, 0.1) is 5.92 Å². The van der Waals surface area contributed by atoms with E-state index in [9.17, 15) is 14.4 Å². The van der Waals surface area contributed by atoms with E-state index in [2.05, 4.69) is 5.32 Å². The van der Waals surface area contributed by atoms with Gasteiger partial charge in [-0.05, 0) is 38.8 Å². The summed E-state index contributed by atoms with van der Waals surface area (Å²) in [5, 5.41) is 2.82. The lowest BCUT2D eigenvalue weighted by atomic mass is 9.80. The zero-order valence-corrected chi connectivity index (χ0v) is 12.4. The average molecular weight is 280 g/mol. The van der Waals surface area contributed by atoms with Crippen LogP contribution in [0.15, 0.2) is 0 Å². The van der Waals surface area contributed by atoms with Gasteiger partial charge in [-0.2, -0.15) is 0 Å². The molecule has 2 unspecified atom stereocenters. The molecule has 2 rings (SSSR count). The van der Waals surface area contributed by atoms with E-state index in [1.807, 2.05) is 11.9 Å². The number of hydrogen-bond acceptors (Lipinski definition) is 4. The molecule has 2 atom stereocenters. The quantitative estimate of drug-likeness (QED) is 0.735. The van der Waals surface area contributed by atoms with Crippen molar-refractivity contribution in [2.24, 2.45) is 5.92 Å². The largest absolute Gasteiger partial charge is 0.344 e. The van der Waals surface area contributed by atoms with Gasteiger partial charge in [-0.25, -0.2) is 0 Å². The summed E-state index contributed by atoms with van der Waals surface area (Å²) in [7, 11) is 1.92. The fraction of sp³-hybridized carbons (Fsp3) is 0.800. The molecule has 1 N–H and O–H groups in total. The normalized spacial score (nSPS) is 25.0. The standard InChI is InChI=1S/C15H24N2O3/c1-10(18)14(19)12(9-11-5-3-6-11)16-15(20)13-7-4-8-17(13)2/h11-13H,3-9H2,1-2H3,(H,16,20). The van der Waals surface area contributed by atoms with Crippen LogP contribution in [0.3, 0.4) is 0 Å². The number of nitrogens with one attached hydrogen (secondary N) is 1. The van der Waals surface area contributed by atoms with Crippen molar-refractivity contribution in [3.63, 3.8) is 0 Å². The molecule has 20 heavy (non-hydrogen) atoms. The molecule has 0 radical (unpaired) electrons. The van der Waals surface area contributed by atoms with Crippen molar-refractivity contribution in [2.45, 2.75) is 57.5 Å². The summed E-state index contributed by atoms with van der Waals surface area (Å²) in [4.78, 5) is 37.6. The molecule has 0 aromatic rings. The number of ketones is 2. The summed E-state index contributed by atoms with van der Waals surface area (Å²) >= 11 is 0. The molecule has 2 aliphatic rings. The fourth-order valence-electron chi connectivity index (χ4n) is 3.05. The van der Waals surface area contributed by atoms with E-state index in [-0.39, 0.29) is 11.9 Å². The third kappa shape index (κ3) is 3.45. The smallest absolute Gasteiger partial charge is 0.237 e. The van der Waals surface area contributed by atoms with Gasteiger partial charge in [0.1, 0.15) is 0 Å². The van der Waals surface area contributed by atoms with Gasteiger partial charge in [-0.3, -0.25) is 19.3 Å². The van der Waals surface area contributed by atoms with Crippen molar-refractivity contribution >= 4 is 17.5 Å². The first-order valence-electron chi connectivity index (χ1n) is 7.54. The maximum Gasteiger partial charge on any atom is 0.237 e. The molecule has 1 heterocycles. The Morgan fingerprint density at radius 1 is 1.20 bits per heavy atom. The van der Waals surface area contributed by atoms with E-state index >= 15 is 0 Å². The van der Waals surface area contributed by atoms with Crippen molar-refractivity contribution in [1.29, 1.82) is 0 Å². The number of hydrogen-bond donors (Lipinski definition) is 1. The van der Waals surface area contributed by atoms with Gasteiger partial charge in [0, 0.05) is 6.92 Å². The van der Waals surface area contributed by atoms with Crippen molar-refractivity contribution in [1.82, 2.24) is 10.2 Å². The zero-order valence-electron chi connectivity index (χ0n) is 12.4.